The predicted molar refractivity (Wildman–Crippen MR) is 112 cm³/mol. The number of likely N-dealkylation sites (N-methyl/N-ethyl adjacent to an activating group) is 1. The Kier molecular flexibility index (Phi) is 5.72. The molecule has 2 aliphatic carbocycles. The lowest BCUT2D eigenvalue weighted by molar-refractivity contribution is -0.121. The second kappa shape index (κ2) is 8.39. The Hall–Kier alpha value is -2.27. The Morgan fingerprint density at radius 2 is 2.11 bits per heavy atom. The number of Topliss-reactive ketones (excluding diaryl/α,β-unsaturated/α-hetero) is 1. The van der Waals surface area contributed by atoms with Crippen molar-refractivity contribution < 1.29 is 4.79 Å². The molecule has 4 rings (SSSR count). The summed E-state index contributed by atoms with van der Waals surface area (Å²) >= 11 is 0. The number of carbonyl (C=O) groups is 1. The standard InChI is InChI=1S/C23H30N4O/c1-15-11-16(13-27-21(15)17-5-3-6-17)12-25-14-19-20(24-2)9-10-26-22(19)23(28)18-7-4-8-18/h9-11,13-14,17-18,20,24,26H,3-8,12H2,1-2H3. The van der Waals surface area contributed by atoms with Gasteiger partial charge in [0.15, 0.2) is 5.78 Å². The molecule has 0 saturated heterocycles. The van der Waals surface area contributed by atoms with Crippen molar-refractivity contribution in [2.24, 2.45) is 10.9 Å². The van der Waals surface area contributed by atoms with Crippen LogP contribution < -0.4 is 10.6 Å². The van der Waals surface area contributed by atoms with Gasteiger partial charge in [0.2, 0.25) is 0 Å². The highest BCUT2D eigenvalue weighted by atomic mass is 16.1. The zero-order valence-corrected chi connectivity index (χ0v) is 16.9. The lowest BCUT2D eigenvalue weighted by Crippen LogP contribution is -2.37. The number of dihydropyridines is 1. The molecule has 2 heterocycles. The number of rotatable bonds is 7. The number of allylic oxidation sites excluding steroid dienone is 1. The van der Waals surface area contributed by atoms with Crippen molar-refractivity contribution in [3.63, 3.8) is 0 Å². The molecule has 0 radical (unpaired) electrons. The van der Waals surface area contributed by atoms with Crippen LogP contribution in [0.3, 0.4) is 0 Å². The Morgan fingerprint density at radius 1 is 1.32 bits per heavy atom. The first-order valence-electron chi connectivity index (χ1n) is 10.5. The van der Waals surface area contributed by atoms with Crippen molar-refractivity contribution in [2.75, 3.05) is 7.05 Å². The minimum atomic E-state index is 0.00452. The molecule has 1 unspecified atom stereocenters. The maximum Gasteiger partial charge on any atom is 0.182 e. The molecule has 2 fully saturated rings. The van der Waals surface area contributed by atoms with Gasteiger partial charge in [0.1, 0.15) is 0 Å². The summed E-state index contributed by atoms with van der Waals surface area (Å²) in [5.74, 6) is 1.04. The Labute approximate surface area is 167 Å². The van der Waals surface area contributed by atoms with E-state index < -0.39 is 0 Å². The quantitative estimate of drug-likeness (QED) is 0.712. The number of aliphatic imine (C=N–C) groups is 1. The zero-order chi connectivity index (χ0) is 19.5. The highest BCUT2D eigenvalue weighted by molar-refractivity contribution is 6.03. The molecule has 5 nitrogen and oxygen atoms in total. The first kappa shape index (κ1) is 19.1. The summed E-state index contributed by atoms with van der Waals surface area (Å²) in [6.45, 7) is 2.73. The number of aryl methyl sites for hydroxylation is 1. The van der Waals surface area contributed by atoms with Crippen LogP contribution in [-0.4, -0.2) is 30.1 Å². The van der Waals surface area contributed by atoms with Crippen LogP contribution in [0.2, 0.25) is 0 Å². The highest BCUT2D eigenvalue weighted by Crippen LogP contribution is 2.36. The van der Waals surface area contributed by atoms with Crippen LogP contribution in [0.4, 0.5) is 0 Å². The largest absolute Gasteiger partial charge is 0.359 e. The van der Waals surface area contributed by atoms with E-state index in [1.165, 1.54) is 30.5 Å². The maximum absolute atomic E-state index is 12.8. The van der Waals surface area contributed by atoms with Crippen LogP contribution in [-0.2, 0) is 11.3 Å². The summed E-state index contributed by atoms with van der Waals surface area (Å²) in [5.41, 5.74) is 5.27. The topological polar surface area (TPSA) is 66.4 Å². The van der Waals surface area contributed by atoms with E-state index in [4.69, 9.17) is 4.98 Å². The fraction of sp³-hybridized carbons (Fsp3) is 0.522. The van der Waals surface area contributed by atoms with E-state index in [0.717, 1.165) is 30.4 Å². The van der Waals surface area contributed by atoms with Crippen LogP contribution >= 0.6 is 0 Å². The highest BCUT2D eigenvalue weighted by Gasteiger charge is 2.31. The van der Waals surface area contributed by atoms with Crippen molar-refractivity contribution in [3.05, 3.63) is 52.6 Å². The van der Waals surface area contributed by atoms with Crippen molar-refractivity contribution in [1.29, 1.82) is 0 Å². The number of ketones is 1. The first-order chi connectivity index (χ1) is 13.7. The molecule has 148 valence electrons. The molecular formula is C23H30N4O. The Bertz CT molecular complexity index is 831. The van der Waals surface area contributed by atoms with Gasteiger partial charge in [-0.2, -0.15) is 0 Å². The molecule has 1 aliphatic heterocycles. The molecule has 0 amide bonds. The van der Waals surface area contributed by atoms with E-state index in [0.29, 0.717) is 18.2 Å². The molecule has 1 aromatic heterocycles. The molecule has 0 spiro atoms. The smallest absolute Gasteiger partial charge is 0.182 e. The molecule has 5 heteroatoms. The van der Waals surface area contributed by atoms with Crippen molar-refractivity contribution >= 4 is 12.0 Å². The van der Waals surface area contributed by atoms with Gasteiger partial charge in [-0.3, -0.25) is 14.8 Å². The summed E-state index contributed by atoms with van der Waals surface area (Å²) in [7, 11) is 1.91. The van der Waals surface area contributed by atoms with Gasteiger partial charge in [-0.05, 0) is 63.1 Å². The second-order valence-electron chi connectivity index (χ2n) is 8.24. The molecule has 28 heavy (non-hydrogen) atoms. The average Bonchev–Trinajstić information content (AvgIpc) is 2.61. The minimum absolute atomic E-state index is 0.00452. The molecule has 0 aromatic carbocycles. The Balaban J connectivity index is 1.49. The number of nitrogens with zero attached hydrogens (tertiary/aromatic N) is 2. The van der Waals surface area contributed by atoms with Crippen molar-refractivity contribution in [2.45, 2.75) is 64.0 Å². The van der Waals surface area contributed by atoms with E-state index >= 15 is 0 Å². The average molecular weight is 379 g/mol. The van der Waals surface area contributed by atoms with E-state index in [2.05, 4.69) is 28.6 Å². The molecule has 1 atom stereocenters. The van der Waals surface area contributed by atoms with E-state index in [1.54, 1.807) is 0 Å². The summed E-state index contributed by atoms with van der Waals surface area (Å²) < 4.78 is 0. The first-order valence-corrected chi connectivity index (χ1v) is 10.5. The maximum atomic E-state index is 12.8. The lowest BCUT2D eigenvalue weighted by Gasteiger charge is -2.28. The van der Waals surface area contributed by atoms with Gasteiger partial charge in [-0.1, -0.05) is 18.9 Å². The molecule has 2 N–H and O–H groups in total. The molecule has 0 bridgehead atoms. The molecule has 3 aliphatic rings. The van der Waals surface area contributed by atoms with Crippen LogP contribution in [0.5, 0.6) is 0 Å². The third-order valence-electron chi connectivity index (χ3n) is 6.34. The monoisotopic (exact) mass is 378 g/mol. The number of aromatic nitrogens is 1. The number of hydrogen-bond donors (Lipinski definition) is 2. The summed E-state index contributed by atoms with van der Waals surface area (Å²) in [4.78, 5) is 22.2. The lowest BCUT2D eigenvalue weighted by atomic mass is 9.79. The van der Waals surface area contributed by atoms with Crippen molar-refractivity contribution in [3.8, 4) is 0 Å². The predicted octanol–water partition coefficient (Wildman–Crippen LogP) is 3.56. The van der Waals surface area contributed by atoms with Gasteiger partial charge in [-0.15, -0.1) is 0 Å². The van der Waals surface area contributed by atoms with Crippen LogP contribution in [0, 0.1) is 12.8 Å². The molecule has 1 aromatic rings. The van der Waals surface area contributed by atoms with Crippen LogP contribution in [0.1, 0.15) is 61.3 Å². The number of hydrogen-bond acceptors (Lipinski definition) is 5. The molecule has 2 saturated carbocycles. The summed E-state index contributed by atoms with van der Waals surface area (Å²) in [5, 5.41) is 6.44. The zero-order valence-electron chi connectivity index (χ0n) is 16.9. The second-order valence-corrected chi connectivity index (χ2v) is 8.24. The van der Waals surface area contributed by atoms with Crippen molar-refractivity contribution in [1.82, 2.24) is 15.6 Å². The number of nitrogens with one attached hydrogen (secondary N) is 2. The molecular weight excluding hydrogens is 348 g/mol. The summed E-state index contributed by atoms with van der Waals surface area (Å²) in [6, 6.07) is 2.21. The summed E-state index contributed by atoms with van der Waals surface area (Å²) in [6.07, 6.45) is 14.7. The van der Waals surface area contributed by atoms with Gasteiger partial charge in [0.25, 0.3) is 0 Å². The van der Waals surface area contributed by atoms with Crippen LogP contribution in [0.15, 0.2) is 40.8 Å². The third kappa shape index (κ3) is 3.81. The van der Waals surface area contributed by atoms with Gasteiger partial charge in [0, 0.05) is 35.5 Å². The fourth-order valence-electron chi connectivity index (χ4n) is 4.14. The van der Waals surface area contributed by atoms with Gasteiger partial charge in [0.05, 0.1) is 18.3 Å². The third-order valence-corrected chi connectivity index (χ3v) is 6.34. The number of carbonyl (C=O) groups excluding carboxylic acids is 1. The number of pyridine rings is 1. The van der Waals surface area contributed by atoms with Crippen LogP contribution in [0.25, 0.3) is 0 Å². The van der Waals surface area contributed by atoms with Gasteiger partial charge < -0.3 is 10.6 Å². The normalized spacial score (nSPS) is 22.9. The minimum Gasteiger partial charge on any atom is -0.359 e. The van der Waals surface area contributed by atoms with Gasteiger partial charge in [-0.25, -0.2) is 0 Å². The SMILES string of the molecule is CNC1C=CNC(C(=O)C2CCC2)=C1C=NCc1cnc(C2CCC2)c(C)c1. The fourth-order valence-corrected chi connectivity index (χ4v) is 4.14. The Morgan fingerprint density at radius 3 is 2.71 bits per heavy atom. The van der Waals surface area contributed by atoms with E-state index in [9.17, 15) is 4.79 Å². The van der Waals surface area contributed by atoms with E-state index in [-0.39, 0.29) is 17.7 Å². The van der Waals surface area contributed by atoms with E-state index in [1.807, 2.05) is 31.7 Å². The van der Waals surface area contributed by atoms with Gasteiger partial charge >= 0.3 is 0 Å².